The van der Waals surface area contributed by atoms with Gasteiger partial charge in [0.15, 0.2) is 0 Å². The Labute approximate surface area is 95.4 Å². The van der Waals surface area contributed by atoms with Gasteiger partial charge in [-0.1, -0.05) is 37.3 Å². The first-order valence-corrected chi connectivity index (χ1v) is 5.91. The average Bonchev–Trinajstić information content (AvgIpc) is 2.29. The molecule has 0 spiro atoms. The molecule has 1 saturated carbocycles. The zero-order valence-electron chi connectivity index (χ0n) is 9.39. The number of nitrogens with zero attached hydrogens (tertiary/aromatic N) is 1. The van der Waals surface area contributed by atoms with Gasteiger partial charge in [-0.15, -0.1) is 0 Å². The third-order valence-corrected chi connectivity index (χ3v) is 3.68. The number of fused-ring (bicyclic) bond motifs is 2. The zero-order valence-corrected chi connectivity index (χ0v) is 9.39. The number of Topliss-reactive ketones (excluding diaryl/α,β-unsaturated/α-hetero) is 1. The number of ketones is 1. The van der Waals surface area contributed by atoms with Gasteiger partial charge in [0.1, 0.15) is 5.78 Å². The standard InChI is InChI=1S/C14H15NO/c1-9-7-11-8-12(16)13(9)14(15-11)10-5-3-2-4-6-10/h2-6,9,11,13H,7-8H2,1H3/t9-,11-,13+/m0/s1. The van der Waals surface area contributed by atoms with E-state index in [0.29, 0.717) is 18.1 Å². The predicted octanol–water partition coefficient (Wildman–Crippen LogP) is 2.47. The molecule has 2 nitrogen and oxygen atoms in total. The summed E-state index contributed by atoms with van der Waals surface area (Å²) in [6.07, 6.45) is 1.73. The lowest BCUT2D eigenvalue weighted by atomic mass is 9.70. The van der Waals surface area contributed by atoms with E-state index in [-0.39, 0.29) is 12.0 Å². The molecule has 0 N–H and O–H groups in total. The third-order valence-electron chi connectivity index (χ3n) is 3.68. The Morgan fingerprint density at radius 3 is 2.62 bits per heavy atom. The minimum atomic E-state index is 0.0485. The van der Waals surface area contributed by atoms with Crippen LogP contribution >= 0.6 is 0 Å². The van der Waals surface area contributed by atoms with Crippen molar-refractivity contribution >= 4 is 11.5 Å². The van der Waals surface area contributed by atoms with Gasteiger partial charge in [-0.25, -0.2) is 0 Å². The van der Waals surface area contributed by atoms with Gasteiger partial charge in [0.2, 0.25) is 0 Å². The normalized spacial score (nSPS) is 32.7. The molecule has 0 aromatic heterocycles. The molecule has 3 aliphatic rings. The zero-order chi connectivity index (χ0) is 11.1. The molecule has 4 rings (SSSR count). The summed E-state index contributed by atoms with van der Waals surface area (Å²) >= 11 is 0. The minimum absolute atomic E-state index is 0.0485. The van der Waals surface area contributed by atoms with Crippen LogP contribution in [0.4, 0.5) is 0 Å². The van der Waals surface area contributed by atoms with Crippen LogP contribution in [0.25, 0.3) is 0 Å². The van der Waals surface area contributed by atoms with Crippen molar-refractivity contribution in [1.82, 2.24) is 0 Å². The smallest absolute Gasteiger partial charge is 0.144 e. The van der Waals surface area contributed by atoms with Crippen molar-refractivity contribution in [1.29, 1.82) is 0 Å². The number of carbonyl (C=O) groups is 1. The Bertz CT molecular complexity index is 449. The van der Waals surface area contributed by atoms with Crippen molar-refractivity contribution in [2.24, 2.45) is 16.8 Å². The van der Waals surface area contributed by atoms with Gasteiger partial charge in [0.25, 0.3) is 0 Å². The lowest BCUT2D eigenvalue weighted by Crippen LogP contribution is -2.44. The number of rotatable bonds is 1. The Kier molecular flexibility index (Phi) is 2.16. The Morgan fingerprint density at radius 2 is 2.00 bits per heavy atom. The van der Waals surface area contributed by atoms with Crippen LogP contribution in [0, 0.1) is 11.8 Å². The monoisotopic (exact) mass is 213 g/mol. The number of hydrogen-bond acceptors (Lipinski definition) is 2. The van der Waals surface area contributed by atoms with Crippen LogP contribution in [0.3, 0.4) is 0 Å². The van der Waals surface area contributed by atoms with Gasteiger partial charge in [-0.2, -0.15) is 0 Å². The molecule has 2 aliphatic heterocycles. The van der Waals surface area contributed by atoms with Gasteiger partial charge in [-0.05, 0) is 17.9 Å². The second-order valence-corrected chi connectivity index (χ2v) is 4.90. The molecule has 16 heavy (non-hydrogen) atoms. The van der Waals surface area contributed by atoms with Gasteiger partial charge in [0.05, 0.1) is 17.7 Å². The van der Waals surface area contributed by atoms with E-state index in [2.05, 4.69) is 19.1 Å². The van der Waals surface area contributed by atoms with Crippen molar-refractivity contribution < 1.29 is 4.79 Å². The fourth-order valence-corrected chi connectivity index (χ4v) is 2.99. The van der Waals surface area contributed by atoms with Crippen LogP contribution in [0.5, 0.6) is 0 Å². The summed E-state index contributed by atoms with van der Waals surface area (Å²) in [6, 6.07) is 10.4. The first-order valence-electron chi connectivity index (χ1n) is 5.91. The van der Waals surface area contributed by atoms with E-state index < -0.39 is 0 Å². The van der Waals surface area contributed by atoms with Crippen LogP contribution in [0.1, 0.15) is 25.3 Å². The highest BCUT2D eigenvalue weighted by molar-refractivity contribution is 6.15. The van der Waals surface area contributed by atoms with E-state index in [1.165, 1.54) is 0 Å². The van der Waals surface area contributed by atoms with E-state index in [1.54, 1.807) is 0 Å². The summed E-state index contributed by atoms with van der Waals surface area (Å²) in [6.45, 7) is 2.17. The first-order chi connectivity index (χ1) is 7.75. The maximum absolute atomic E-state index is 12.0. The van der Waals surface area contributed by atoms with Crippen molar-refractivity contribution in [2.75, 3.05) is 0 Å². The molecular formula is C14H15NO. The maximum Gasteiger partial charge on any atom is 0.144 e. The number of carbonyl (C=O) groups excluding carboxylic acids is 1. The lowest BCUT2D eigenvalue weighted by Gasteiger charge is -2.38. The van der Waals surface area contributed by atoms with E-state index in [1.807, 2.05) is 18.2 Å². The highest BCUT2D eigenvalue weighted by Crippen LogP contribution is 2.37. The number of benzene rings is 1. The van der Waals surface area contributed by atoms with Crippen molar-refractivity contribution in [2.45, 2.75) is 25.8 Å². The molecular weight excluding hydrogens is 198 g/mol. The fraction of sp³-hybridized carbons (Fsp3) is 0.429. The summed E-state index contributed by atoms with van der Waals surface area (Å²) in [4.78, 5) is 16.7. The maximum atomic E-state index is 12.0. The minimum Gasteiger partial charge on any atom is -0.299 e. The number of hydrogen-bond donors (Lipinski definition) is 0. The third kappa shape index (κ3) is 1.41. The fourth-order valence-electron chi connectivity index (χ4n) is 2.99. The van der Waals surface area contributed by atoms with Gasteiger partial charge in [0, 0.05) is 6.42 Å². The van der Waals surface area contributed by atoms with Crippen LogP contribution in [-0.2, 0) is 4.79 Å². The lowest BCUT2D eigenvalue weighted by molar-refractivity contribution is -0.124. The summed E-state index contributed by atoms with van der Waals surface area (Å²) in [5.74, 6) is 0.893. The van der Waals surface area contributed by atoms with E-state index in [4.69, 9.17) is 4.99 Å². The van der Waals surface area contributed by atoms with Gasteiger partial charge >= 0.3 is 0 Å². The van der Waals surface area contributed by atoms with Crippen LogP contribution in [0.2, 0.25) is 0 Å². The predicted molar refractivity (Wildman–Crippen MR) is 63.7 cm³/mol. The van der Waals surface area contributed by atoms with E-state index in [9.17, 15) is 4.79 Å². The summed E-state index contributed by atoms with van der Waals surface area (Å²) < 4.78 is 0. The quantitative estimate of drug-likeness (QED) is 0.704. The SMILES string of the molecule is C[C@H]1C[C@H]2CC(=O)[C@@H]1C(c1ccccc1)=N2. The highest BCUT2D eigenvalue weighted by atomic mass is 16.1. The average molecular weight is 213 g/mol. The Balaban J connectivity index is 2.06. The second-order valence-electron chi connectivity index (χ2n) is 4.90. The molecule has 2 bridgehead atoms. The molecule has 82 valence electrons. The molecule has 0 amide bonds. The largest absolute Gasteiger partial charge is 0.299 e. The molecule has 3 atom stereocenters. The molecule has 1 aliphatic carbocycles. The van der Waals surface area contributed by atoms with Gasteiger partial charge < -0.3 is 0 Å². The van der Waals surface area contributed by atoms with Gasteiger partial charge in [-0.3, -0.25) is 9.79 Å². The number of aliphatic imine (C=N–C) groups is 1. The topological polar surface area (TPSA) is 29.4 Å². The van der Waals surface area contributed by atoms with E-state index in [0.717, 1.165) is 17.7 Å². The van der Waals surface area contributed by atoms with Crippen LogP contribution in [-0.4, -0.2) is 17.5 Å². The molecule has 2 heteroatoms. The van der Waals surface area contributed by atoms with Crippen molar-refractivity contribution in [3.63, 3.8) is 0 Å². The highest BCUT2D eigenvalue weighted by Gasteiger charge is 2.42. The van der Waals surface area contributed by atoms with Crippen LogP contribution in [0.15, 0.2) is 35.3 Å². The summed E-state index contributed by atoms with van der Waals surface area (Å²) in [5, 5.41) is 0. The van der Waals surface area contributed by atoms with Crippen LogP contribution < -0.4 is 0 Å². The second kappa shape index (κ2) is 3.55. The van der Waals surface area contributed by atoms with Crippen molar-refractivity contribution in [3.05, 3.63) is 35.9 Å². The molecule has 0 radical (unpaired) electrons. The first kappa shape index (κ1) is 9.76. The molecule has 1 fully saturated rings. The Morgan fingerprint density at radius 1 is 1.25 bits per heavy atom. The van der Waals surface area contributed by atoms with Crippen molar-refractivity contribution in [3.8, 4) is 0 Å². The molecule has 2 heterocycles. The summed E-state index contributed by atoms with van der Waals surface area (Å²) in [7, 11) is 0. The molecule has 1 aromatic carbocycles. The molecule has 1 aromatic rings. The Hall–Kier alpha value is -1.44. The molecule has 0 saturated heterocycles. The van der Waals surface area contributed by atoms with E-state index >= 15 is 0 Å². The summed E-state index contributed by atoms with van der Waals surface area (Å²) in [5.41, 5.74) is 2.15. The molecule has 0 unspecified atom stereocenters.